The highest BCUT2D eigenvalue weighted by Crippen LogP contribution is 2.04. The number of Topliss-reactive ketones (excluding diaryl/α,β-unsaturated/α-hetero) is 1. The van der Waals surface area contributed by atoms with E-state index in [9.17, 15) is 9.59 Å². The van der Waals surface area contributed by atoms with Gasteiger partial charge in [-0.1, -0.05) is 26.2 Å². The molecule has 0 saturated carbocycles. The Morgan fingerprint density at radius 3 is 2.62 bits per heavy atom. The average molecular weight is 186 g/mol. The molecule has 0 N–H and O–H groups in total. The lowest BCUT2D eigenvalue weighted by Gasteiger charge is -1.99. The minimum atomic E-state index is 0.193. The quantitative estimate of drug-likeness (QED) is 0.409. The number of ketones is 1. The lowest BCUT2D eigenvalue weighted by Crippen LogP contribution is -2.03. The predicted octanol–water partition coefficient (Wildman–Crippen LogP) is 2.09. The van der Waals surface area contributed by atoms with E-state index in [-0.39, 0.29) is 12.4 Å². The number of ether oxygens (including phenoxy) is 1. The van der Waals surface area contributed by atoms with Gasteiger partial charge in [-0.15, -0.1) is 0 Å². The molecule has 0 aliphatic heterocycles. The fourth-order valence-corrected chi connectivity index (χ4v) is 1.09. The lowest BCUT2D eigenvalue weighted by atomic mass is 10.1. The molecule has 76 valence electrons. The first-order valence-electron chi connectivity index (χ1n) is 4.88. The highest BCUT2D eigenvalue weighted by molar-refractivity contribution is 5.78. The van der Waals surface area contributed by atoms with Crippen molar-refractivity contribution in [3.8, 4) is 0 Å². The first-order valence-corrected chi connectivity index (χ1v) is 4.88. The molecule has 13 heavy (non-hydrogen) atoms. The maximum atomic E-state index is 11.1. The van der Waals surface area contributed by atoms with Crippen LogP contribution in [0.2, 0.25) is 0 Å². The summed E-state index contributed by atoms with van der Waals surface area (Å²) >= 11 is 0. The van der Waals surface area contributed by atoms with Crippen molar-refractivity contribution in [1.82, 2.24) is 0 Å². The first-order chi connectivity index (χ1) is 6.31. The van der Waals surface area contributed by atoms with Gasteiger partial charge in [0.1, 0.15) is 5.78 Å². The maximum absolute atomic E-state index is 11.1. The number of carbonyl (C=O) groups excluding carboxylic acids is 2. The van der Waals surface area contributed by atoms with Crippen LogP contribution < -0.4 is 0 Å². The van der Waals surface area contributed by atoms with E-state index in [1.54, 1.807) is 0 Å². The Balaban J connectivity index is 3.15. The van der Waals surface area contributed by atoms with Crippen molar-refractivity contribution in [3.05, 3.63) is 0 Å². The van der Waals surface area contributed by atoms with E-state index in [0.29, 0.717) is 19.3 Å². The summed E-state index contributed by atoms with van der Waals surface area (Å²) in [5, 5.41) is 0. The fourth-order valence-electron chi connectivity index (χ4n) is 1.09. The zero-order chi connectivity index (χ0) is 9.94. The summed E-state index contributed by atoms with van der Waals surface area (Å²) in [6, 6.07) is 0. The first kappa shape index (κ1) is 12.1. The van der Waals surface area contributed by atoms with Crippen LogP contribution in [0, 0.1) is 0 Å². The van der Waals surface area contributed by atoms with Crippen LogP contribution in [0.4, 0.5) is 0 Å². The van der Waals surface area contributed by atoms with Gasteiger partial charge in [-0.2, -0.15) is 0 Å². The van der Waals surface area contributed by atoms with Crippen molar-refractivity contribution in [1.29, 1.82) is 0 Å². The van der Waals surface area contributed by atoms with Gasteiger partial charge in [-0.3, -0.25) is 9.59 Å². The van der Waals surface area contributed by atoms with Crippen LogP contribution in [0.25, 0.3) is 0 Å². The summed E-state index contributed by atoms with van der Waals surface area (Å²) in [6.07, 6.45) is 5.46. The summed E-state index contributed by atoms with van der Waals surface area (Å²) in [4.78, 5) is 20.8. The van der Waals surface area contributed by atoms with E-state index in [0.717, 1.165) is 12.8 Å². The van der Waals surface area contributed by atoms with Crippen LogP contribution in [-0.4, -0.2) is 18.9 Å². The van der Waals surface area contributed by atoms with Gasteiger partial charge in [-0.05, 0) is 6.42 Å². The van der Waals surface area contributed by atoms with Crippen LogP contribution >= 0.6 is 0 Å². The SMILES string of the molecule is CCCCCCC(=O)CCOC=O. The third kappa shape index (κ3) is 9.05. The Hall–Kier alpha value is -0.860. The number of hydrogen-bond acceptors (Lipinski definition) is 3. The average Bonchev–Trinajstić information content (AvgIpc) is 2.13. The molecule has 0 rings (SSSR count). The zero-order valence-electron chi connectivity index (χ0n) is 8.25. The molecule has 0 aliphatic carbocycles. The van der Waals surface area contributed by atoms with E-state index in [1.807, 2.05) is 0 Å². The van der Waals surface area contributed by atoms with Crippen LogP contribution in [-0.2, 0) is 14.3 Å². The second kappa shape index (κ2) is 9.23. The molecule has 0 aromatic rings. The lowest BCUT2D eigenvalue weighted by molar-refractivity contribution is -0.130. The van der Waals surface area contributed by atoms with Gasteiger partial charge in [-0.25, -0.2) is 0 Å². The van der Waals surface area contributed by atoms with Gasteiger partial charge in [0, 0.05) is 12.8 Å². The fraction of sp³-hybridized carbons (Fsp3) is 0.800. The molecule has 0 saturated heterocycles. The summed E-state index contributed by atoms with van der Waals surface area (Å²) in [5.74, 6) is 0.193. The molecular formula is C10H18O3. The van der Waals surface area contributed by atoms with Gasteiger partial charge in [0.15, 0.2) is 0 Å². The molecule has 0 spiro atoms. The molecule has 0 amide bonds. The highest BCUT2D eigenvalue weighted by atomic mass is 16.5. The van der Waals surface area contributed by atoms with Crippen LogP contribution in [0.5, 0.6) is 0 Å². The largest absolute Gasteiger partial charge is 0.467 e. The van der Waals surface area contributed by atoms with Crippen molar-refractivity contribution >= 4 is 12.3 Å². The smallest absolute Gasteiger partial charge is 0.293 e. The predicted molar refractivity (Wildman–Crippen MR) is 50.4 cm³/mol. The Bertz CT molecular complexity index is 143. The molecule has 0 aromatic heterocycles. The Labute approximate surface area is 79.5 Å². The minimum absolute atomic E-state index is 0.193. The standard InChI is InChI=1S/C10H18O3/c1-2-3-4-5-6-10(12)7-8-13-9-11/h9H,2-8H2,1H3. The van der Waals surface area contributed by atoms with Gasteiger partial charge in [0.25, 0.3) is 6.47 Å². The Kier molecular flexibility index (Phi) is 8.62. The van der Waals surface area contributed by atoms with Gasteiger partial charge >= 0.3 is 0 Å². The topological polar surface area (TPSA) is 43.4 Å². The number of unbranched alkanes of at least 4 members (excludes halogenated alkanes) is 3. The van der Waals surface area contributed by atoms with Crippen LogP contribution in [0.15, 0.2) is 0 Å². The molecule has 0 radical (unpaired) electrons. The van der Waals surface area contributed by atoms with E-state index in [2.05, 4.69) is 11.7 Å². The monoisotopic (exact) mass is 186 g/mol. The van der Waals surface area contributed by atoms with Crippen LogP contribution in [0.1, 0.15) is 45.4 Å². The second-order valence-corrected chi connectivity index (χ2v) is 3.07. The van der Waals surface area contributed by atoms with Crippen molar-refractivity contribution < 1.29 is 14.3 Å². The molecule has 0 aliphatic rings. The molecule has 0 bridgehead atoms. The number of carbonyl (C=O) groups is 2. The number of hydrogen-bond donors (Lipinski definition) is 0. The zero-order valence-corrected chi connectivity index (χ0v) is 8.25. The summed E-state index contributed by atoms with van der Waals surface area (Å²) in [7, 11) is 0. The third-order valence-electron chi connectivity index (χ3n) is 1.88. The van der Waals surface area contributed by atoms with Gasteiger partial charge < -0.3 is 4.74 Å². The summed E-state index contributed by atoms with van der Waals surface area (Å²) in [6.45, 7) is 2.75. The molecular weight excluding hydrogens is 168 g/mol. The van der Waals surface area contributed by atoms with Crippen LogP contribution in [0.3, 0.4) is 0 Å². The molecule has 0 heterocycles. The molecule has 0 unspecified atom stereocenters. The van der Waals surface area contributed by atoms with E-state index < -0.39 is 0 Å². The molecule has 0 atom stereocenters. The van der Waals surface area contributed by atoms with Gasteiger partial charge in [0.05, 0.1) is 6.61 Å². The molecule has 3 nitrogen and oxygen atoms in total. The molecule has 0 fully saturated rings. The van der Waals surface area contributed by atoms with E-state index >= 15 is 0 Å². The minimum Gasteiger partial charge on any atom is -0.467 e. The molecule has 3 heteroatoms. The third-order valence-corrected chi connectivity index (χ3v) is 1.88. The van der Waals surface area contributed by atoms with E-state index in [1.165, 1.54) is 12.8 Å². The Morgan fingerprint density at radius 1 is 1.23 bits per heavy atom. The maximum Gasteiger partial charge on any atom is 0.293 e. The Morgan fingerprint density at radius 2 is 2.00 bits per heavy atom. The number of rotatable bonds is 9. The van der Waals surface area contributed by atoms with Crippen molar-refractivity contribution in [2.45, 2.75) is 45.4 Å². The molecule has 0 aromatic carbocycles. The van der Waals surface area contributed by atoms with Gasteiger partial charge in [0.2, 0.25) is 0 Å². The second-order valence-electron chi connectivity index (χ2n) is 3.07. The highest BCUT2D eigenvalue weighted by Gasteiger charge is 2.00. The van der Waals surface area contributed by atoms with Crippen molar-refractivity contribution in [2.75, 3.05) is 6.61 Å². The summed E-state index contributed by atoms with van der Waals surface area (Å²) in [5.41, 5.74) is 0. The summed E-state index contributed by atoms with van der Waals surface area (Å²) < 4.78 is 4.43. The van der Waals surface area contributed by atoms with Crippen molar-refractivity contribution in [3.63, 3.8) is 0 Å². The normalized spacial score (nSPS) is 9.62. The van der Waals surface area contributed by atoms with Crippen molar-refractivity contribution in [2.24, 2.45) is 0 Å². The van der Waals surface area contributed by atoms with E-state index in [4.69, 9.17) is 0 Å².